The van der Waals surface area contributed by atoms with E-state index >= 15 is 0 Å². The fourth-order valence-corrected chi connectivity index (χ4v) is 3.46. The Kier molecular flexibility index (Phi) is 4.74. The molecular weight excluding hydrogens is 407 g/mol. The van der Waals surface area contributed by atoms with Crippen molar-refractivity contribution in [1.82, 2.24) is 24.5 Å². The number of amides is 1. The third-order valence-corrected chi connectivity index (χ3v) is 4.90. The zero-order valence-electron chi connectivity index (χ0n) is 15.0. The van der Waals surface area contributed by atoms with Crippen LogP contribution in [0.2, 0.25) is 0 Å². The van der Waals surface area contributed by atoms with Crippen molar-refractivity contribution in [2.75, 3.05) is 7.11 Å². The maximum atomic E-state index is 13.0. The second-order valence-corrected chi connectivity index (χ2v) is 6.92. The summed E-state index contributed by atoms with van der Waals surface area (Å²) < 4.78 is 47.0. The van der Waals surface area contributed by atoms with Crippen LogP contribution in [0.1, 0.15) is 21.7 Å². The molecule has 0 atom stereocenters. The van der Waals surface area contributed by atoms with Crippen molar-refractivity contribution >= 4 is 22.2 Å². The van der Waals surface area contributed by atoms with Crippen LogP contribution in [0, 0.1) is 0 Å². The van der Waals surface area contributed by atoms with E-state index in [4.69, 9.17) is 4.74 Å². The highest BCUT2D eigenvalue weighted by Gasteiger charge is 2.30. The monoisotopic (exact) mass is 421 g/mol. The summed E-state index contributed by atoms with van der Waals surface area (Å²) in [5, 5.41) is 8.70. The van der Waals surface area contributed by atoms with Crippen molar-refractivity contribution in [2.24, 2.45) is 0 Å². The Hall–Kier alpha value is -3.34. The van der Waals surface area contributed by atoms with Gasteiger partial charge in [-0.05, 0) is 18.2 Å². The molecule has 0 aliphatic heterocycles. The fourth-order valence-electron chi connectivity index (χ4n) is 2.74. The number of imidazole rings is 1. The number of hydrogen-bond acceptors (Lipinski definition) is 5. The number of benzene rings is 1. The Morgan fingerprint density at radius 3 is 2.86 bits per heavy atom. The lowest BCUT2D eigenvalue weighted by Crippen LogP contribution is -2.24. The summed E-state index contributed by atoms with van der Waals surface area (Å²) in [6.07, 6.45) is 0.533. The molecule has 3 aromatic heterocycles. The van der Waals surface area contributed by atoms with Crippen LogP contribution in [0.3, 0.4) is 0 Å². The van der Waals surface area contributed by atoms with Gasteiger partial charge in [-0.1, -0.05) is 6.07 Å². The molecule has 0 saturated heterocycles. The van der Waals surface area contributed by atoms with E-state index in [0.29, 0.717) is 5.69 Å². The molecule has 0 bridgehead atoms. The second kappa shape index (κ2) is 7.24. The number of nitrogens with zero attached hydrogens (tertiary/aromatic N) is 4. The number of hydrogen-bond donors (Lipinski definition) is 1. The van der Waals surface area contributed by atoms with E-state index in [1.54, 1.807) is 6.20 Å². The number of aromatic nitrogens is 4. The number of ether oxygens (including phenoxy) is 1. The number of methoxy groups -OCH3 is 1. The third-order valence-electron chi connectivity index (χ3n) is 4.13. The van der Waals surface area contributed by atoms with Gasteiger partial charge in [-0.2, -0.15) is 18.3 Å². The number of carbonyl (C=O) groups is 1. The molecule has 0 aliphatic carbocycles. The first-order valence-electron chi connectivity index (χ1n) is 8.36. The van der Waals surface area contributed by atoms with E-state index in [0.717, 1.165) is 17.1 Å². The molecular formula is C18H14F3N5O2S. The van der Waals surface area contributed by atoms with Gasteiger partial charge < -0.3 is 10.1 Å². The Labute approximate surface area is 166 Å². The number of halogens is 3. The first kappa shape index (κ1) is 19.0. The van der Waals surface area contributed by atoms with Crippen LogP contribution in [0.15, 0.2) is 48.2 Å². The molecule has 1 aromatic carbocycles. The largest absolute Gasteiger partial charge is 0.493 e. The van der Waals surface area contributed by atoms with E-state index in [-0.39, 0.29) is 23.7 Å². The highest BCUT2D eigenvalue weighted by molar-refractivity contribution is 7.15. The normalized spacial score (nSPS) is 11.7. The minimum absolute atomic E-state index is 0.0362. The molecule has 4 aromatic rings. The molecule has 0 unspecified atom stereocenters. The summed E-state index contributed by atoms with van der Waals surface area (Å²) in [7, 11) is 1.35. The van der Waals surface area contributed by atoms with E-state index < -0.39 is 17.6 Å². The predicted octanol–water partition coefficient (Wildman–Crippen LogP) is 3.54. The van der Waals surface area contributed by atoms with Crippen LogP contribution >= 0.6 is 11.3 Å². The summed E-state index contributed by atoms with van der Waals surface area (Å²) >= 11 is 1.47. The Balaban J connectivity index is 1.55. The summed E-state index contributed by atoms with van der Waals surface area (Å²) in [6, 6.07) is 4.65. The van der Waals surface area contributed by atoms with Crippen molar-refractivity contribution in [2.45, 2.75) is 12.7 Å². The maximum absolute atomic E-state index is 13.0. The Morgan fingerprint density at radius 2 is 2.14 bits per heavy atom. The smallest absolute Gasteiger partial charge is 0.416 e. The van der Waals surface area contributed by atoms with Gasteiger partial charge in [0, 0.05) is 17.8 Å². The number of rotatable bonds is 5. The van der Waals surface area contributed by atoms with Gasteiger partial charge in [0.1, 0.15) is 0 Å². The van der Waals surface area contributed by atoms with Crippen LogP contribution in [0.25, 0.3) is 10.6 Å². The molecule has 11 heteroatoms. The van der Waals surface area contributed by atoms with Gasteiger partial charge in [0.15, 0.2) is 16.4 Å². The fraction of sp³-hybridized carbons (Fsp3) is 0.167. The zero-order valence-corrected chi connectivity index (χ0v) is 15.8. The summed E-state index contributed by atoms with van der Waals surface area (Å²) in [6.45, 7) is 0.173. The molecule has 7 nitrogen and oxygen atoms in total. The van der Waals surface area contributed by atoms with Crippen molar-refractivity contribution in [3.05, 3.63) is 65.2 Å². The predicted molar refractivity (Wildman–Crippen MR) is 99.4 cm³/mol. The lowest BCUT2D eigenvalue weighted by atomic mass is 10.2. The van der Waals surface area contributed by atoms with Crippen molar-refractivity contribution in [3.8, 4) is 11.4 Å². The van der Waals surface area contributed by atoms with E-state index in [1.165, 1.54) is 41.5 Å². The molecule has 0 fully saturated rings. The van der Waals surface area contributed by atoms with Crippen LogP contribution in [-0.2, 0) is 12.7 Å². The van der Waals surface area contributed by atoms with Gasteiger partial charge in [0.05, 0.1) is 36.8 Å². The quantitative estimate of drug-likeness (QED) is 0.535. The average molecular weight is 421 g/mol. The Morgan fingerprint density at radius 1 is 1.31 bits per heavy atom. The highest BCUT2D eigenvalue weighted by Crippen LogP contribution is 2.30. The molecule has 150 valence electrons. The summed E-state index contributed by atoms with van der Waals surface area (Å²) in [5.74, 6) is -0.380. The van der Waals surface area contributed by atoms with Crippen LogP contribution in [-0.4, -0.2) is 32.2 Å². The van der Waals surface area contributed by atoms with Crippen LogP contribution in [0.5, 0.6) is 5.75 Å². The van der Waals surface area contributed by atoms with Gasteiger partial charge in [0.25, 0.3) is 5.91 Å². The highest BCUT2D eigenvalue weighted by atomic mass is 32.1. The van der Waals surface area contributed by atoms with Crippen LogP contribution in [0.4, 0.5) is 13.2 Å². The zero-order chi connectivity index (χ0) is 20.6. The van der Waals surface area contributed by atoms with E-state index in [9.17, 15) is 18.0 Å². The number of carbonyl (C=O) groups excluding carboxylic acids is 1. The number of nitrogens with one attached hydrogen (secondary N) is 1. The van der Waals surface area contributed by atoms with E-state index in [1.807, 2.05) is 16.0 Å². The number of thiazole rings is 1. The van der Waals surface area contributed by atoms with Gasteiger partial charge in [-0.3, -0.25) is 9.20 Å². The molecule has 0 saturated carbocycles. The minimum Gasteiger partial charge on any atom is -0.493 e. The van der Waals surface area contributed by atoms with Gasteiger partial charge in [-0.15, -0.1) is 11.3 Å². The lowest BCUT2D eigenvalue weighted by Gasteiger charge is -2.08. The molecule has 4 rings (SSSR count). The topological polar surface area (TPSA) is 73.5 Å². The molecule has 3 heterocycles. The molecule has 0 radical (unpaired) electrons. The average Bonchev–Trinajstić information content (AvgIpc) is 3.39. The first-order valence-corrected chi connectivity index (χ1v) is 9.23. The standard InChI is InChI=1S/C18H14F3N5O2S/c1-28-14-10-26(13-4-2-3-11(7-13)18(19,20)21)24-15(14)16(27)22-8-12-9-25-5-6-29-17(25)23-12/h2-7,9-10H,8H2,1H3,(H,22,27). The van der Waals surface area contributed by atoms with Gasteiger partial charge in [0.2, 0.25) is 0 Å². The van der Waals surface area contributed by atoms with Gasteiger partial charge >= 0.3 is 6.18 Å². The summed E-state index contributed by atoms with van der Waals surface area (Å²) in [4.78, 5) is 17.7. The van der Waals surface area contributed by atoms with Crippen molar-refractivity contribution in [3.63, 3.8) is 0 Å². The first-order chi connectivity index (χ1) is 13.8. The maximum Gasteiger partial charge on any atom is 0.416 e. The van der Waals surface area contributed by atoms with Gasteiger partial charge in [-0.25, -0.2) is 9.67 Å². The molecule has 29 heavy (non-hydrogen) atoms. The SMILES string of the molecule is COc1cn(-c2cccc(C(F)(F)F)c2)nc1C(=O)NCc1cn2ccsc2n1. The van der Waals surface area contributed by atoms with Crippen LogP contribution < -0.4 is 10.1 Å². The van der Waals surface area contributed by atoms with Crippen molar-refractivity contribution in [1.29, 1.82) is 0 Å². The minimum atomic E-state index is -4.48. The number of alkyl halides is 3. The van der Waals surface area contributed by atoms with Crippen molar-refractivity contribution < 1.29 is 22.7 Å². The molecule has 0 aliphatic rings. The number of fused-ring (bicyclic) bond motifs is 1. The molecule has 1 N–H and O–H groups in total. The lowest BCUT2D eigenvalue weighted by molar-refractivity contribution is -0.137. The van der Waals surface area contributed by atoms with E-state index in [2.05, 4.69) is 15.4 Å². The second-order valence-electron chi connectivity index (χ2n) is 6.05. The molecule has 0 spiro atoms. The molecule has 1 amide bonds. The summed E-state index contributed by atoms with van der Waals surface area (Å²) in [5.41, 5.74) is -0.0193. The third kappa shape index (κ3) is 3.81. The Bertz CT molecular complexity index is 1150.